The number of nitrogens with zero attached hydrogens (tertiary/aromatic N) is 3. The van der Waals surface area contributed by atoms with Crippen LogP contribution in [0.5, 0.6) is 5.75 Å². The van der Waals surface area contributed by atoms with E-state index in [0.29, 0.717) is 22.5 Å². The van der Waals surface area contributed by atoms with Gasteiger partial charge in [-0.3, -0.25) is 0 Å². The lowest BCUT2D eigenvalue weighted by Crippen LogP contribution is -2.05. The van der Waals surface area contributed by atoms with E-state index in [-0.39, 0.29) is 6.10 Å². The summed E-state index contributed by atoms with van der Waals surface area (Å²) in [7, 11) is 3.62. The fraction of sp³-hybridized carbons (Fsp3) is 0.217. The summed E-state index contributed by atoms with van der Waals surface area (Å²) in [6.07, 6.45) is 5.66. The number of methoxy groups -OCH3 is 1. The molecule has 0 saturated heterocycles. The van der Waals surface area contributed by atoms with Gasteiger partial charge in [-0.2, -0.15) is 4.98 Å². The van der Waals surface area contributed by atoms with Crippen LogP contribution in [0, 0.1) is 0 Å². The van der Waals surface area contributed by atoms with Crippen LogP contribution in [0.1, 0.15) is 19.4 Å². The summed E-state index contributed by atoms with van der Waals surface area (Å²) in [5.74, 6) is 1.53. The number of halogens is 1. The van der Waals surface area contributed by atoms with Gasteiger partial charge in [-0.1, -0.05) is 28.9 Å². The van der Waals surface area contributed by atoms with Crippen molar-refractivity contribution >= 4 is 28.6 Å². The van der Waals surface area contributed by atoms with E-state index in [9.17, 15) is 0 Å². The van der Waals surface area contributed by atoms with Gasteiger partial charge in [-0.15, -0.1) is 0 Å². The molecule has 0 atom stereocenters. The zero-order valence-corrected chi connectivity index (χ0v) is 18.0. The molecule has 0 bridgehead atoms. The number of ether oxygens (including phenoxy) is 2. The maximum absolute atomic E-state index is 6.36. The summed E-state index contributed by atoms with van der Waals surface area (Å²) in [5.41, 5.74) is 3.68. The number of hydrogen-bond donors (Lipinski definition) is 0. The van der Waals surface area contributed by atoms with Crippen LogP contribution in [0.4, 0.5) is 0 Å². The highest BCUT2D eigenvalue weighted by molar-refractivity contribution is 6.32. The number of para-hydroxylation sites is 1. The maximum atomic E-state index is 6.36. The molecule has 0 amide bonds. The Labute approximate surface area is 179 Å². The minimum atomic E-state index is 0.0396. The van der Waals surface area contributed by atoms with E-state index in [1.165, 1.54) is 0 Å². The summed E-state index contributed by atoms with van der Waals surface area (Å²) < 4.78 is 18.3. The van der Waals surface area contributed by atoms with Crippen molar-refractivity contribution in [2.24, 2.45) is 7.05 Å². The van der Waals surface area contributed by atoms with Gasteiger partial charge in [-0.25, -0.2) is 0 Å². The zero-order chi connectivity index (χ0) is 21.3. The molecule has 2 heterocycles. The third-order valence-electron chi connectivity index (χ3n) is 4.62. The van der Waals surface area contributed by atoms with Crippen LogP contribution in [-0.4, -0.2) is 27.9 Å². The van der Waals surface area contributed by atoms with Gasteiger partial charge in [-0.05, 0) is 44.2 Å². The third-order valence-corrected chi connectivity index (χ3v) is 4.92. The average Bonchev–Trinajstić information content (AvgIpc) is 3.33. The van der Waals surface area contributed by atoms with E-state index in [2.05, 4.69) is 16.2 Å². The van der Waals surface area contributed by atoms with E-state index in [4.69, 9.17) is 25.6 Å². The second-order valence-corrected chi connectivity index (χ2v) is 7.58. The summed E-state index contributed by atoms with van der Waals surface area (Å²) >= 11 is 6.36. The number of aryl methyl sites for hydroxylation is 1. The standard InChI is InChI=1S/C23H22ClN3O3/c1-14(2)29-20-9-8-15(12-19(20)24)23-25-22(26-30-23)18-7-5-6-17-16(10-11-28-4)13-27(3)21(17)18/h5-14H,1-4H3. The van der Waals surface area contributed by atoms with E-state index in [1.54, 1.807) is 19.4 Å². The molecule has 0 spiro atoms. The monoisotopic (exact) mass is 423 g/mol. The average molecular weight is 424 g/mol. The van der Waals surface area contributed by atoms with Gasteiger partial charge in [0.25, 0.3) is 5.89 Å². The molecule has 0 unspecified atom stereocenters. The third kappa shape index (κ3) is 3.78. The van der Waals surface area contributed by atoms with Gasteiger partial charge in [0, 0.05) is 35.3 Å². The number of rotatable bonds is 6. The molecule has 4 rings (SSSR count). The molecule has 7 heteroatoms. The molecule has 2 aromatic heterocycles. The molecule has 0 aliphatic carbocycles. The molecule has 0 N–H and O–H groups in total. The fourth-order valence-corrected chi connectivity index (χ4v) is 3.61. The van der Waals surface area contributed by atoms with Crippen molar-refractivity contribution < 1.29 is 14.0 Å². The fourth-order valence-electron chi connectivity index (χ4n) is 3.39. The van der Waals surface area contributed by atoms with Crippen LogP contribution in [0.3, 0.4) is 0 Å². The lowest BCUT2D eigenvalue weighted by atomic mass is 10.1. The zero-order valence-electron chi connectivity index (χ0n) is 17.2. The van der Waals surface area contributed by atoms with Gasteiger partial charge in [0.2, 0.25) is 5.82 Å². The first-order valence-electron chi connectivity index (χ1n) is 9.56. The van der Waals surface area contributed by atoms with Gasteiger partial charge in [0.05, 0.1) is 30.0 Å². The van der Waals surface area contributed by atoms with Crippen molar-refractivity contribution in [3.05, 3.63) is 59.4 Å². The maximum Gasteiger partial charge on any atom is 0.258 e. The molecule has 2 aromatic carbocycles. The Kier molecular flexibility index (Phi) is 5.50. The lowest BCUT2D eigenvalue weighted by molar-refractivity contribution is 0.242. The smallest absolute Gasteiger partial charge is 0.258 e. The van der Waals surface area contributed by atoms with Crippen molar-refractivity contribution in [2.45, 2.75) is 20.0 Å². The van der Waals surface area contributed by atoms with Crippen molar-refractivity contribution in [3.8, 4) is 28.6 Å². The first kappa shape index (κ1) is 20.0. The second kappa shape index (κ2) is 8.24. The predicted octanol–water partition coefficient (Wildman–Crippen LogP) is 5.95. The van der Waals surface area contributed by atoms with Crippen LogP contribution in [0.15, 0.2) is 53.4 Å². The van der Waals surface area contributed by atoms with Crippen molar-refractivity contribution in [2.75, 3.05) is 7.11 Å². The molecule has 6 nitrogen and oxygen atoms in total. The molecule has 0 radical (unpaired) electrons. The molecule has 0 aliphatic rings. The van der Waals surface area contributed by atoms with E-state index in [0.717, 1.165) is 27.6 Å². The molecular weight excluding hydrogens is 402 g/mol. The number of fused-ring (bicyclic) bond motifs is 1. The van der Waals surface area contributed by atoms with Crippen molar-refractivity contribution in [3.63, 3.8) is 0 Å². The van der Waals surface area contributed by atoms with E-state index < -0.39 is 0 Å². The highest BCUT2D eigenvalue weighted by Crippen LogP contribution is 2.34. The first-order chi connectivity index (χ1) is 14.5. The molecule has 0 saturated carbocycles. The Morgan fingerprint density at radius 1 is 1.20 bits per heavy atom. The number of hydrogen-bond acceptors (Lipinski definition) is 5. The molecule has 30 heavy (non-hydrogen) atoms. The number of benzene rings is 2. The molecule has 4 aromatic rings. The minimum absolute atomic E-state index is 0.0396. The van der Waals surface area contributed by atoms with Crippen molar-refractivity contribution in [1.29, 1.82) is 0 Å². The quantitative estimate of drug-likeness (QED) is 0.358. The Bertz CT molecular complexity index is 1220. The summed E-state index contributed by atoms with van der Waals surface area (Å²) in [6.45, 7) is 3.91. The SMILES string of the molecule is COC=Cc1cn(C)c2c(-c3noc(-c4ccc(OC(C)C)c(Cl)c4)n3)cccc12. The van der Waals surface area contributed by atoms with Crippen molar-refractivity contribution in [1.82, 2.24) is 14.7 Å². The van der Waals surface area contributed by atoms with Gasteiger partial charge < -0.3 is 18.6 Å². The Hall–Kier alpha value is -3.25. The Morgan fingerprint density at radius 3 is 2.77 bits per heavy atom. The number of aromatic nitrogens is 3. The largest absolute Gasteiger partial charge is 0.504 e. The second-order valence-electron chi connectivity index (χ2n) is 7.17. The van der Waals surface area contributed by atoms with Crippen LogP contribution in [0.25, 0.3) is 39.8 Å². The van der Waals surface area contributed by atoms with Gasteiger partial charge in [0.15, 0.2) is 0 Å². The summed E-state index contributed by atoms with van der Waals surface area (Å²) in [4.78, 5) is 4.61. The Balaban J connectivity index is 1.73. The summed E-state index contributed by atoms with van der Waals surface area (Å²) in [5, 5.41) is 5.79. The molecule has 0 fully saturated rings. The summed E-state index contributed by atoms with van der Waals surface area (Å²) in [6, 6.07) is 11.5. The van der Waals surface area contributed by atoms with Crippen LogP contribution in [0.2, 0.25) is 5.02 Å². The van der Waals surface area contributed by atoms with Gasteiger partial charge >= 0.3 is 0 Å². The normalized spacial score (nSPS) is 11.7. The van der Waals surface area contributed by atoms with E-state index >= 15 is 0 Å². The topological polar surface area (TPSA) is 62.3 Å². The van der Waals surface area contributed by atoms with Gasteiger partial charge in [0.1, 0.15) is 5.75 Å². The van der Waals surface area contributed by atoms with Crippen LogP contribution < -0.4 is 4.74 Å². The predicted molar refractivity (Wildman–Crippen MR) is 118 cm³/mol. The lowest BCUT2D eigenvalue weighted by Gasteiger charge is -2.11. The van der Waals surface area contributed by atoms with E-state index in [1.807, 2.05) is 62.0 Å². The Morgan fingerprint density at radius 2 is 2.03 bits per heavy atom. The molecular formula is C23H22ClN3O3. The molecule has 0 aliphatic heterocycles. The molecule has 154 valence electrons. The minimum Gasteiger partial charge on any atom is -0.504 e. The first-order valence-corrected chi connectivity index (χ1v) is 9.93. The highest BCUT2D eigenvalue weighted by atomic mass is 35.5. The highest BCUT2D eigenvalue weighted by Gasteiger charge is 2.17. The van der Waals surface area contributed by atoms with Crippen LogP contribution >= 0.6 is 11.6 Å². The van der Waals surface area contributed by atoms with Crippen LogP contribution in [-0.2, 0) is 11.8 Å².